The first-order chi connectivity index (χ1) is 13.2. The second-order valence-corrected chi connectivity index (χ2v) is 5.65. The molecule has 0 unspecified atom stereocenters. The molecule has 0 atom stereocenters. The second-order valence-electron chi connectivity index (χ2n) is 5.65. The predicted octanol–water partition coefficient (Wildman–Crippen LogP) is 4.54. The average Bonchev–Trinajstić information content (AvgIpc) is 2.72. The van der Waals surface area contributed by atoms with Gasteiger partial charge >= 0.3 is 0 Å². The summed E-state index contributed by atoms with van der Waals surface area (Å²) in [7, 11) is 1.40. The van der Waals surface area contributed by atoms with Gasteiger partial charge < -0.3 is 4.74 Å². The lowest BCUT2D eigenvalue weighted by atomic mass is 10.0. The Morgan fingerprint density at radius 3 is 2.15 bits per heavy atom. The second kappa shape index (κ2) is 8.67. The molecule has 0 aliphatic heterocycles. The number of rotatable bonds is 6. The minimum Gasteiger partial charge on any atom is -0.494 e. The summed E-state index contributed by atoms with van der Waals surface area (Å²) in [4.78, 5) is 12.8. The highest BCUT2D eigenvalue weighted by molar-refractivity contribution is 6.51. The third-order valence-corrected chi connectivity index (χ3v) is 3.84. The number of hydrogen-bond acceptors (Lipinski definition) is 4. The van der Waals surface area contributed by atoms with Crippen molar-refractivity contribution < 1.29 is 13.9 Å². The Bertz CT molecular complexity index is 984. The molecule has 0 radical (unpaired) electrons. The molecule has 0 aliphatic carbocycles. The van der Waals surface area contributed by atoms with Crippen LogP contribution in [0.3, 0.4) is 0 Å². The number of ketones is 1. The van der Waals surface area contributed by atoms with Gasteiger partial charge in [0.25, 0.3) is 0 Å². The molecule has 0 amide bonds. The summed E-state index contributed by atoms with van der Waals surface area (Å²) in [5, 5.41) is 8.12. The van der Waals surface area contributed by atoms with Gasteiger partial charge in [0.1, 0.15) is 5.71 Å². The summed E-state index contributed by atoms with van der Waals surface area (Å²) in [5.41, 5.74) is 1.90. The topological polar surface area (TPSA) is 51.0 Å². The number of nitrogens with zero attached hydrogens (tertiary/aromatic N) is 2. The van der Waals surface area contributed by atoms with Crippen LogP contribution in [-0.4, -0.2) is 24.8 Å². The van der Waals surface area contributed by atoms with E-state index in [1.807, 2.05) is 24.3 Å². The molecule has 4 nitrogen and oxygen atoms in total. The Labute approximate surface area is 156 Å². The SMILES string of the molecule is COc1ccc(/C=N\N=C(/C(=O)c2ccccc2)c2ccccc2)cc1F. The van der Waals surface area contributed by atoms with Crippen LogP contribution in [0.25, 0.3) is 0 Å². The number of benzene rings is 3. The third-order valence-electron chi connectivity index (χ3n) is 3.84. The van der Waals surface area contributed by atoms with Crippen LogP contribution in [0.5, 0.6) is 5.75 Å². The Kier molecular flexibility index (Phi) is 5.84. The van der Waals surface area contributed by atoms with Crippen LogP contribution in [0.2, 0.25) is 0 Å². The minimum absolute atomic E-state index is 0.153. The van der Waals surface area contributed by atoms with Crippen LogP contribution in [0.1, 0.15) is 21.5 Å². The highest BCUT2D eigenvalue weighted by Gasteiger charge is 2.16. The molecule has 134 valence electrons. The normalized spacial score (nSPS) is 11.6. The van der Waals surface area contributed by atoms with E-state index in [0.29, 0.717) is 16.7 Å². The van der Waals surface area contributed by atoms with E-state index in [1.165, 1.54) is 25.5 Å². The quantitative estimate of drug-likeness (QED) is 0.368. The van der Waals surface area contributed by atoms with E-state index in [4.69, 9.17) is 4.74 Å². The third kappa shape index (κ3) is 4.52. The zero-order chi connectivity index (χ0) is 19.1. The van der Waals surface area contributed by atoms with Gasteiger partial charge in [0.2, 0.25) is 5.78 Å². The van der Waals surface area contributed by atoms with Crippen LogP contribution in [0, 0.1) is 5.82 Å². The van der Waals surface area contributed by atoms with Gasteiger partial charge in [0.05, 0.1) is 13.3 Å². The van der Waals surface area contributed by atoms with Crippen LogP contribution in [0.4, 0.5) is 4.39 Å². The number of hydrogen-bond donors (Lipinski definition) is 0. The van der Waals surface area contributed by atoms with Crippen molar-refractivity contribution in [1.82, 2.24) is 0 Å². The molecule has 0 saturated heterocycles. The van der Waals surface area contributed by atoms with E-state index < -0.39 is 5.82 Å². The van der Waals surface area contributed by atoms with Crippen molar-refractivity contribution in [3.8, 4) is 5.75 Å². The first-order valence-electron chi connectivity index (χ1n) is 8.29. The van der Waals surface area contributed by atoms with Gasteiger partial charge in [-0.05, 0) is 23.8 Å². The van der Waals surface area contributed by atoms with Gasteiger partial charge in [-0.1, -0.05) is 60.7 Å². The largest absolute Gasteiger partial charge is 0.494 e. The maximum Gasteiger partial charge on any atom is 0.213 e. The predicted molar refractivity (Wildman–Crippen MR) is 104 cm³/mol. The van der Waals surface area contributed by atoms with E-state index in [9.17, 15) is 9.18 Å². The van der Waals surface area contributed by atoms with Gasteiger partial charge in [0.15, 0.2) is 11.6 Å². The number of Topliss-reactive ketones (excluding diaryl/α,β-unsaturated/α-hetero) is 1. The Morgan fingerprint density at radius 2 is 1.56 bits per heavy atom. The first-order valence-corrected chi connectivity index (χ1v) is 8.29. The zero-order valence-corrected chi connectivity index (χ0v) is 14.7. The number of carbonyl (C=O) groups is 1. The van der Waals surface area contributed by atoms with E-state index in [0.717, 1.165) is 0 Å². The number of methoxy groups -OCH3 is 1. The molecular weight excluding hydrogens is 343 g/mol. The van der Waals surface area contributed by atoms with E-state index >= 15 is 0 Å². The molecule has 0 aliphatic rings. The Balaban J connectivity index is 1.93. The highest BCUT2D eigenvalue weighted by Crippen LogP contribution is 2.17. The number of halogens is 1. The van der Waals surface area contributed by atoms with Gasteiger partial charge in [-0.15, -0.1) is 5.10 Å². The summed E-state index contributed by atoms with van der Waals surface area (Å²) >= 11 is 0. The number of ether oxygens (including phenoxy) is 1. The van der Waals surface area contributed by atoms with E-state index in [1.54, 1.807) is 42.5 Å². The molecular formula is C22H17FN2O2. The zero-order valence-electron chi connectivity index (χ0n) is 14.7. The van der Waals surface area contributed by atoms with Gasteiger partial charge in [-0.25, -0.2) is 4.39 Å². The van der Waals surface area contributed by atoms with Crippen LogP contribution in [-0.2, 0) is 0 Å². The molecule has 5 heteroatoms. The van der Waals surface area contributed by atoms with Gasteiger partial charge in [0, 0.05) is 11.1 Å². The Hall–Kier alpha value is -3.60. The summed E-state index contributed by atoms with van der Waals surface area (Å²) < 4.78 is 18.7. The lowest BCUT2D eigenvalue weighted by Gasteiger charge is -2.04. The first kappa shape index (κ1) is 18.2. The average molecular weight is 360 g/mol. The van der Waals surface area contributed by atoms with Crippen LogP contribution >= 0.6 is 0 Å². The highest BCUT2D eigenvalue weighted by atomic mass is 19.1. The smallest absolute Gasteiger partial charge is 0.213 e. The van der Waals surface area contributed by atoms with E-state index in [2.05, 4.69) is 10.2 Å². The number of carbonyl (C=O) groups excluding carboxylic acids is 1. The molecule has 0 N–H and O–H groups in total. The minimum atomic E-state index is -0.492. The van der Waals surface area contributed by atoms with Crippen molar-refractivity contribution in [3.05, 3.63) is 101 Å². The summed E-state index contributed by atoms with van der Waals surface area (Å²) in [6.45, 7) is 0. The fraction of sp³-hybridized carbons (Fsp3) is 0.0455. The van der Waals surface area contributed by atoms with Crippen molar-refractivity contribution in [3.63, 3.8) is 0 Å². The standard InChI is InChI=1S/C22H17FN2O2/c1-27-20-13-12-16(14-19(20)23)15-24-25-21(17-8-4-2-5-9-17)22(26)18-10-6-3-7-11-18/h2-15H,1H3/b24-15-,25-21-. The Morgan fingerprint density at radius 1 is 0.926 bits per heavy atom. The van der Waals surface area contributed by atoms with Crippen molar-refractivity contribution in [1.29, 1.82) is 0 Å². The lowest BCUT2D eigenvalue weighted by molar-refractivity contribution is 0.106. The molecule has 27 heavy (non-hydrogen) atoms. The summed E-state index contributed by atoms with van der Waals surface area (Å²) in [5.74, 6) is -0.575. The molecule has 0 aromatic heterocycles. The molecule has 0 spiro atoms. The van der Waals surface area contributed by atoms with Crippen molar-refractivity contribution in [2.75, 3.05) is 7.11 Å². The molecule has 3 aromatic rings. The monoisotopic (exact) mass is 360 g/mol. The summed E-state index contributed by atoms with van der Waals surface area (Å²) in [6, 6.07) is 22.4. The fourth-order valence-corrected chi connectivity index (χ4v) is 2.47. The lowest BCUT2D eigenvalue weighted by Crippen LogP contribution is -2.15. The van der Waals surface area contributed by atoms with Crippen molar-refractivity contribution in [2.24, 2.45) is 10.2 Å². The summed E-state index contributed by atoms with van der Waals surface area (Å²) in [6.07, 6.45) is 1.39. The van der Waals surface area contributed by atoms with Crippen molar-refractivity contribution in [2.45, 2.75) is 0 Å². The molecule has 0 saturated carbocycles. The molecule has 0 heterocycles. The fourth-order valence-electron chi connectivity index (χ4n) is 2.47. The van der Waals surface area contributed by atoms with Crippen molar-refractivity contribution >= 4 is 17.7 Å². The molecule has 0 fully saturated rings. The van der Waals surface area contributed by atoms with Gasteiger partial charge in [-0.2, -0.15) is 5.10 Å². The van der Waals surface area contributed by atoms with Gasteiger partial charge in [-0.3, -0.25) is 4.79 Å². The molecule has 0 bridgehead atoms. The molecule has 3 aromatic carbocycles. The maximum atomic E-state index is 13.8. The van der Waals surface area contributed by atoms with Crippen LogP contribution < -0.4 is 4.74 Å². The molecule has 3 rings (SSSR count). The van der Waals surface area contributed by atoms with E-state index in [-0.39, 0.29) is 17.2 Å². The maximum absolute atomic E-state index is 13.8. The van der Waals surface area contributed by atoms with Crippen LogP contribution in [0.15, 0.2) is 89.1 Å².